The van der Waals surface area contributed by atoms with E-state index in [0.717, 1.165) is 36.5 Å². The number of rotatable bonds is 7. The molecule has 3 N–H and O–H groups in total. The van der Waals surface area contributed by atoms with Crippen molar-refractivity contribution < 1.29 is 41.9 Å². The van der Waals surface area contributed by atoms with Crippen LogP contribution in [0.1, 0.15) is 5.56 Å². The quantitative estimate of drug-likeness (QED) is 0.197. The van der Waals surface area contributed by atoms with Gasteiger partial charge >= 0.3 is 24.3 Å². The van der Waals surface area contributed by atoms with E-state index in [4.69, 9.17) is 0 Å². The first-order valence-electron chi connectivity index (χ1n) is 8.07. The number of hydrogen-bond donors (Lipinski definition) is 3. The van der Waals surface area contributed by atoms with Gasteiger partial charge in [0, 0.05) is 17.7 Å². The van der Waals surface area contributed by atoms with Crippen LogP contribution >= 0.6 is 0 Å². The number of hydrogen-bond acceptors (Lipinski definition) is 7. The number of carbonyl (C=O) groups excluding carboxylic acids is 2. The third-order valence-electron chi connectivity index (χ3n) is 3.43. The first-order valence-corrected chi connectivity index (χ1v) is 8.07. The summed E-state index contributed by atoms with van der Waals surface area (Å²) >= 11 is 0. The minimum Gasteiger partial charge on any atom is -0.507 e. The van der Waals surface area contributed by atoms with Gasteiger partial charge in [0.25, 0.3) is 5.69 Å². The van der Waals surface area contributed by atoms with Crippen LogP contribution in [-0.4, -0.2) is 40.6 Å². The Balaban J connectivity index is 2.06. The van der Waals surface area contributed by atoms with E-state index in [1.165, 1.54) is 12.1 Å². The molecule has 0 radical (unpaired) electrons. The number of benzene rings is 2. The predicted octanol–water partition coefficient (Wildman–Crippen LogP) is 2.63. The van der Waals surface area contributed by atoms with E-state index in [1.54, 1.807) is 5.43 Å². The van der Waals surface area contributed by atoms with Crippen molar-refractivity contribution in [2.75, 3.05) is 5.32 Å². The molecule has 0 heterocycles. The lowest BCUT2D eigenvalue weighted by Gasteiger charge is -2.19. The minimum absolute atomic E-state index is 0.150. The number of ether oxygens (including phenoxy) is 1. The first kappa shape index (κ1) is 23.1. The highest BCUT2D eigenvalue weighted by molar-refractivity contribution is 6.39. The number of phenols is 1. The Hall–Kier alpha value is -4.23. The molecule has 0 bridgehead atoms. The van der Waals surface area contributed by atoms with E-state index < -0.39 is 46.5 Å². The first-order chi connectivity index (χ1) is 14.5. The van der Waals surface area contributed by atoms with Crippen molar-refractivity contribution in [2.24, 2.45) is 5.10 Å². The molecule has 164 valence electrons. The third kappa shape index (κ3) is 6.12. The van der Waals surface area contributed by atoms with Gasteiger partial charge in [0.1, 0.15) is 11.5 Å². The summed E-state index contributed by atoms with van der Waals surface area (Å²) < 4.78 is 54.7. The highest BCUT2D eigenvalue weighted by atomic mass is 19.3. The van der Waals surface area contributed by atoms with Gasteiger partial charge in [0.15, 0.2) is 0 Å². The number of amides is 2. The normalized spacial score (nSPS) is 11.4. The molecule has 31 heavy (non-hydrogen) atoms. The van der Waals surface area contributed by atoms with Crippen molar-refractivity contribution >= 4 is 29.4 Å². The van der Waals surface area contributed by atoms with Gasteiger partial charge in [-0.15, -0.1) is 0 Å². The molecule has 0 unspecified atom stereocenters. The fraction of sp³-hybridized carbons (Fsp3) is 0.118. The molecule has 2 amide bonds. The van der Waals surface area contributed by atoms with Crippen LogP contribution in [0.5, 0.6) is 11.5 Å². The molecule has 0 saturated heterocycles. The molecule has 2 rings (SSSR count). The number of phenolic OH excluding ortho intramolecular Hbond substituents is 1. The van der Waals surface area contributed by atoms with E-state index in [1.807, 2.05) is 5.32 Å². The van der Waals surface area contributed by atoms with E-state index in [-0.39, 0.29) is 11.3 Å². The van der Waals surface area contributed by atoms with Crippen LogP contribution in [0.15, 0.2) is 47.6 Å². The molecule has 0 fully saturated rings. The second-order valence-corrected chi connectivity index (χ2v) is 5.61. The second-order valence-electron chi connectivity index (χ2n) is 5.61. The Morgan fingerprint density at radius 1 is 1.19 bits per heavy atom. The molecular weight excluding hydrogens is 432 g/mol. The van der Waals surface area contributed by atoms with Crippen LogP contribution in [0.4, 0.5) is 28.9 Å². The number of non-ortho nitro benzene ring substituents is 1. The zero-order valence-corrected chi connectivity index (χ0v) is 15.1. The number of carbonyl (C=O) groups is 2. The number of anilines is 1. The van der Waals surface area contributed by atoms with Gasteiger partial charge in [-0.1, -0.05) is 12.1 Å². The number of hydrazone groups is 1. The molecule has 10 nitrogen and oxygen atoms in total. The van der Waals surface area contributed by atoms with E-state index in [0.29, 0.717) is 0 Å². The Morgan fingerprint density at radius 3 is 2.52 bits per heavy atom. The van der Waals surface area contributed by atoms with Gasteiger partial charge in [-0.05, 0) is 18.2 Å². The number of alkyl halides is 4. The minimum atomic E-state index is -4.84. The highest BCUT2D eigenvalue weighted by Gasteiger charge is 2.44. The van der Waals surface area contributed by atoms with Crippen molar-refractivity contribution in [2.45, 2.75) is 12.5 Å². The Bertz CT molecular complexity index is 1030. The van der Waals surface area contributed by atoms with Crippen LogP contribution in [0.3, 0.4) is 0 Å². The number of aromatic hydroxyl groups is 1. The number of nitro benzene ring substituents is 1. The summed E-state index contributed by atoms with van der Waals surface area (Å²) in [5, 5.41) is 25.6. The van der Waals surface area contributed by atoms with Crippen molar-refractivity contribution in [1.29, 1.82) is 0 Å². The molecule has 2 aromatic rings. The fourth-order valence-electron chi connectivity index (χ4n) is 2.00. The SMILES string of the molecule is O=C(NN=Cc1cc([N+](=O)[O-])ccc1O)C(=O)Nc1ccccc1OC(F)(F)C(F)F. The summed E-state index contributed by atoms with van der Waals surface area (Å²) in [5.41, 5.74) is 0.720. The van der Waals surface area contributed by atoms with Crippen LogP contribution in [0.25, 0.3) is 0 Å². The number of nitrogens with one attached hydrogen (secondary N) is 2. The molecule has 0 saturated carbocycles. The lowest BCUT2D eigenvalue weighted by atomic mass is 10.2. The van der Waals surface area contributed by atoms with Crippen LogP contribution in [0.2, 0.25) is 0 Å². The number of halogens is 4. The van der Waals surface area contributed by atoms with E-state index >= 15 is 0 Å². The average molecular weight is 444 g/mol. The Kier molecular flexibility index (Phi) is 7.07. The molecule has 0 aliphatic heterocycles. The second kappa shape index (κ2) is 9.51. The lowest BCUT2D eigenvalue weighted by molar-refractivity contribution is -0.384. The molecule has 2 aromatic carbocycles. The van der Waals surface area contributed by atoms with Gasteiger partial charge in [-0.2, -0.15) is 22.7 Å². The lowest BCUT2D eigenvalue weighted by Crippen LogP contribution is -2.35. The molecule has 0 aliphatic rings. The highest BCUT2D eigenvalue weighted by Crippen LogP contribution is 2.32. The molecule has 0 aromatic heterocycles. The van der Waals surface area contributed by atoms with Crippen molar-refractivity contribution in [3.8, 4) is 11.5 Å². The molecule has 14 heteroatoms. The van der Waals surface area contributed by atoms with E-state index in [2.05, 4.69) is 9.84 Å². The number of para-hydroxylation sites is 2. The predicted molar refractivity (Wildman–Crippen MR) is 97.1 cm³/mol. The summed E-state index contributed by atoms with van der Waals surface area (Å²) in [6, 6.07) is 7.30. The standard InChI is InChI=1S/C17H12F4N4O6/c18-16(19)17(20,21)31-13-4-2-1-3-11(13)23-14(27)15(28)24-22-8-9-7-10(25(29)30)5-6-12(9)26/h1-8,16,26H,(H,23,27)(H,24,28). The fourth-order valence-corrected chi connectivity index (χ4v) is 2.00. The summed E-state index contributed by atoms with van der Waals surface area (Å²) in [6.07, 6.45) is -8.17. The smallest absolute Gasteiger partial charge is 0.461 e. The topological polar surface area (TPSA) is 143 Å². The maximum atomic E-state index is 13.1. The zero-order chi connectivity index (χ0) is 23.2. The zero-order valence-electron chi connectivity index (χ0n) is 15.1. The van der Waals surface area contributed by atoms with Gasteiger partial charge < -0.3 is 15.2 Å². The van der Waals surface area contributed by atoms with Gasteiger partial charge in [-0.25, -0.2) is 5.43 Å². The van der Waals surface area contributed by atoms with Crippen LogP contribution < -0.4 is 15.5 Å². The number of nitrogens with zero attached hydrogens (tertiary/aromatic N) is 2. The summed E-state index contributed by atoms with van der Waals surface area (Å²) in [5.74, 6) is -4.05. The van der Waals surface area contributed by atoms with Crippen molar-refractivity contribution in [1.82, 2.24) is 5.43 Å². The third-order valence-corrected chi connectivity index (χ3v) is 3.43. The molecule has 0 atom stereocenters. The van der Waals surface area contributed by atoms with Gasteiger partial charge in [0.2, 0.25) is 0 Å². The summed E-state index contributed by atoms with van der Waals surface area (Å²) in [7, 11) is 0. The maximum Gasteiger partial charge on any atom is 0.461 e. The van der Waals surface area contributed by atoms with Crippen LogP contribution in [-0.2, 0) is 9.59 Å². The largest absolute Gasteiger partial charge is 0.507 e. The number of nitro groups is 1. The summed E-state index contributed by atoms with van der Waals surface area (Å²) in [6.45, 7) is 0. The van der Waals surface area contributed by atoms with E-state index in [9.17, 15) is 42.4 Å². The van der Waals surface area contributed by atoms with Crippen LogP contribution in [0, 0.1) is 10.1 Å². The van der Waals surface area contributed by atoms with Crippen molar-refractivity contribution in [3.05, 3.63) is 58.1 Å². The van der Waals surface area contributed by atoms with Crippen molar-refractivity contribution in [3.63, 3.8) is 0 Å². The summed E-state index contributed by atoms with van der Waals surface area (Å²) in [4.78, 5) is 33.7. The Labute approximate surface area is 170 Å². The Morgan fingerprint density at radius 2 is 1.87 bits per heavy atom. The maximum absolute atomic E-state index is 13.1. The molecule has 0 aliphatic carbocycles. The van der Waals surface area contributed by atoms with Gasteiger partial charge in [0.05, 0.1) is 16.8 Å². The van der Waals surface area contributed by atoms with Gasteiger partial charge in [-0.3, -0.25) is 19.7 Å². The monoisotopic (exact) mass is 444 g/mol. The average Bonchev–Trinajstić information content (AvgIpc) is 2.70. The molecular formula is C17H12F4N4O6. The molecule has 0 spiro atoms.